The van der Waals surface area contributed by atoms with Gasteiger partial charge in [0.15, 0.2) is 0 Å². The zero-order valence-electron chi connectivity index (χ0n) is 80.7. The molecule has 0 N–H and O–H groups in total. The maximum Gasteiger partial charge on any atom is 0.130 e. The van der Waals surface area contributed by atoms with E-state index < -0.39 is 11.6 Å². The standard InChI is InChI=1S/2C24H23Cl3N2O.2C23H20Cl4N2.C23H19Cl3F2N2/c1-30-21-9-2-17(3-10-21)15-28-12-13-29(23-11-8-20(26)14-22(23)27)24(16-28)18-4-6-19(25)7-5-18;1-30-21-4-2-3-17(13-21)15-28-11-12-29(23-10-9-20(26)14-22(23)27)24(16-28)18-5-7-19(25)8-6-18;24-18-6-4-17(5-7-18)23-15-28(14-16-2-1-3-19(25)12-16)10-11-29(23)22-9-8-20(26)13-21(22)27;24-18-7-5-16(6-8-18)23-15-28(14-17-3-1-2-4-20(17)26)11-12-29(23)22-10-9-19(25)13-21(22)27;24-16-6-4-15(5-7-16)23-14-29(13-18-20(27)2-1-3-21(18)28)10-11-30(23)22-9-8-17(25)12-19(22)26/h2-11,14,24H,12-13,15-16H2,1H3;2-10,13-14,24H,11-12,15-16H2,1H3;1-9,12-13,23H,10-11,14-15H2;1-10,13,23H,11-12,14-15H2;1-9,12,23H,10-11,13-14H2. The predicted molar refractivity (Wildman–Crippen MR) is 622 cm³/mol. The monoisotopic (exact) mass is 2310 g/mol. The summed E-state index contributed by atoms with van der Waals surface area (Å²) in [4.78, 5) is 23.5. The van der Waals surface area contributed by atoms with Gasteiger partial charge >= 0.3 is 0 Å². The number of methoxy groups -OCH3 is 2. The Morgan fingerprint density at radius 3 is 0.777 bits per heavy atom. The van der Waals surface area contributed by atoms with Gasteiger partial charge in [0.05, 0.1) is 98.0 Å². The molecule has 15 aromatic carbocycles. The van der Waals surface area contributed by atoms with Crippen LogP contribution in [0.2, 0.25) is 85.4 Å². The quantitative estimate of drug-likeness (QED) is 0.0650. The third-order valence-corrected chi connectivity index (χ3v) is 31.4. The predicted octanol–water partition coefficient (Wildman–Crippen LogP) is 35.2. The number of nitrogens with zero attached hydrogens (tertiary/aromatic N) is 10. The first-order valence-corrected chi connectivity index (χ1v) is 54.6. The first kappa shape index (κ1) is 112. The lowest BCUT2D eigenvalue weighted by Crippen LogP contribution is -2.48. The summed E-state index contributed by atoms with van der Waals surface area (Å²) in [5.41, 5.74) is 15.7. The molecule has 0 radical (unpaired) electrons. The Morgan fingerprint density at radius 2 is 0.480 bits per heavy atom. The SMILES string of the molecule is COc1ccc(CN2CCN(c3ccc(Cl)cc3Cl)C(c3ccc(Cl)cc3)C2)cc1.COc1cccc(CN2CCN(c3ccc(Cl)cc3Cl)C(c3ccc(Cl)cc3)C2)c1.Clc1ccc(C2CN(Cc3cccc(Cl)c3)CCN2c2ccc(Cl)cc2Cl)cc1.Clc1ccc(C2CN(Cc3ccccc3Cl)CCN2c2ccc(Cl)cc2Cl)cc1.Fc1cccc(F)c1CN1CCN(c2ccc(Cl)cc2Cl)C(c2ccc(Cl)cc2)C1. The molecule has 5 aliphatic heterocycles. The van der Waals surface area contributed by atoms with Crippen LogP contribution in [0.1, 0.15) is 85.8 Å². The molecule has 148 heavy (non-hydrogen) atoms. The van der Waals surface area contributed by atoms with Crippen LogP contribution in [-0.2, 0) is 32.7 Å². The van der Waals surface area contributed by atoms with Gasteiger partial charge in [-0.2, -0.15) is 0 Å². The summed E-state index contributed by atoms with van der Waals surface area (Å²) in [5, 5.41) is 11.5. The molecular weight excluding hydrogens is 2220 g/mol. The molecular formula is C117H105Cl17F2N10O2. The van der Waals surface area contributed by atoms with Crippen LogP contribution in [0.4, 0.5) is 37.2 Å². The topological polar surface area (TPSA) is 50.9 Å². The third kappa shape index (κ3) is 30.4. The summed E-state index contributed by atoms with van der Waals surface area (Å²) in [7, 11) is 3.39. The van der Waals surface area contributed by atoms with Crippen molar-refractivity contribution in [2.75, 3.05) is 137 Å². The second-order valence-electron chi connectivity index (χ2n) is 36.6. The molecule has 0 bridgehead atoms. The molecule has 0 amide bonds. The average Bonchev–Trinajstić information content (AvgIpc) is 0.801. The Bertz CT molecular complexity index is 6920. The number of piperazine rings is 5. The molecule has 5 unspecified atom stereocenters. The van der Waals surface area contributed by atoms with Crippen LogP contribution in [0.25, 0.3) is 0 Å². The van der Waals surface area contributed by atoms with E-state index in [2.05, 4.69) is 134 Å². The first-order valence-electron chi connectivity index (χ1n) is 48.1. The summed E-state index contributed by atoms with van der Waals surface area (Å²) in [6, 6.07) is 105. The minimum absolute atomic E-state index is 0.0653. The van der Waals surface area contributed by atoms with Gasteiger partial charge in [-0.25, -0.2) is 8.78 Å². The Morgan fingerprint density at radius 1 is 0.216 bits per heavy atom. The minimum atomic E-state index is -0.527. The maximum atomic E-state index is 14.2. The average molecular weight is 2320 g/mol. The molecule has 5 atom stereocenters. The van der Waals surface area contributed by atoms with E-state index >= 15 is 0 Å². The van der Waals surface area contributed by atoms with Gasteiger partial charge in [0.2, 0.25) is 0 Å². The van der Waals surface area contributed by atoms with Gasteiger partial charge in [-0.1, -0.05) is 319 Å². The van der Waals surface area contributed by atoms with Crippen molar-refractivity contribution in [3.8, 4) is 11.5 Å². The van der Waals surface area contributed by atoms with Crippen LogP contribution in [0.15, 0.2) is 328 Å². The number of benzene rings is 15. The summed E-state index contributed by atoms with van der Waals surface area (Å²) < 4.78 is 39.0. The lowest BCUT2D eigenvalue weighted by Gasteiger charge is -2.43. The van der Waals surface area contributed by atoms with Crippen molar-refractivity contribution in [3.05, 3.63) is 480 Å². The largest absolute Gasteiger partial charge is 0.497 e. The maximum absolute atomic E-state index is 14.2. The molecule has 768 valence electrons. The number of hydrogen-bond donors (Lipinski definition) is 0. The molecule has 5 aliphatic rings. The number of halogens is 19. The molecule has 0 aromatic heterocycles. The summed E-state index contributed by atoms with van der Waals surface area (Å²) in [5.74, 6) is 0.704. The van der Waals surface area contributed by atoms with E-state index in [4.69, 9.17) is 207 Å². The van der Waals surface area contributed by atoms with Crippen molar-refractivity contribution in [3.63, 3.8) is 0 Å². The van der Waals surface area contributed by atoms with Crippen molar-refractivity contribution in [1.29, 1.82) is 0 Å². The van der Waals surface area contributed by atoms with Crippen LogP contribution in [0.3, 0.4) is 0 Å². The summed E-state index contributed by atoms with van der Waals surface area (Å²) in [6.45, 7) is 16.1. The highest BCUT2D eigenvalue weighted by atomic mass is 35.5. The fourth-order valence-corrected chi connectivity index (χ4v) is 23.1. The minimum Gasteiger partial charge on any atom is -0.497 e. The molecule has 15 aromatic rings. The van der Waals surface area contributed by atoms with E-state index in [9.17, 15) is 8.78 Å². The van der Waals surface area contributed by atoms with Crippen molar-refractivity contribution in [2.45, 2.75) is 62.9 Å². The molecule has 12 nitrogen and oxygen atoms in total. The van der Waals surface area contributed by atoms with Gasteiger partial charge in [-0.15, -0.1) is 0 Å². The fourth-order valence-electron chi connectivity index (χ4n) is 19.5. The van der Waals surface area contributed by atoms with E-state index in [-0.39, 0.29) is 42.3 Å². The van der Waals surface area contributed by atoms with Crippen LogP contribution < -0.4 is 34.0 Å². The van der Waals surface area contributed by atoms with Gasteiger partial charge in [-0.3, -0.25) is 24.5 Å². The number of hydrogen-bond acceptors (Lipinski definition) is 12. The van der Waals surface area contributed by atoms with Gasteiger partial charge in [0, 0.05) is 197 Å². The van der Waals surface area contributed by atoms with Crippen LogP contribution in [0, 0.1) is 11.6 Å². The van der Waals surface area contributed by atoms with Crippen LogP contribution in [-0.4, -0.2) is 137 Å². The highest BCUT2D eigenvalue weighted by Gasteiger charge is 2.37. The lowest BCUT2D eigenvalue weighted by atomic mass is 10.0. The van der Waals surface area contributed by atoms with Crippen molar-refractivity contribution in [1.82, 2.24) is 24.5 Å². The van der Waals surface area contributed by atoms with Crippen molar-refractivity contribution >= 4 is 226 Å². The Labute approximate surface area is 950 Å². The Kier molecular flexibility index (Phi) is 40.8. The zero-order valence-corrected chi connectivity index (χ0v) is 93.5. The summed E-state index contributed by atoms with van der Waals surface area (Å²) >= 11 is 106. The lowest BCUT2D eigenvalue weighted by molar-refractivity contribution is 0.210. The molecule has 20 rings (SSSR count). The number of anilines is 5. The van der Waals surface area contributed by atoms with Gasteiger partial charge in [0.1, 0.15) is 23.1 Å². The molecule has 0 saturated carbocycles. The number of ether oxygens (including phenoxy) is 2. The van der Waals surface area contributed by atoms with E-state index in [0.29, 0.717) is 74.9 Å². The van der Waals surface area contributed by atoms with Gasteiger partial charge in [-0.05, 0) is 256 Å². The molecule has 0 aliphatic carbocycles. The third-order valence-electron chi connectivity index (χ3n) is 26.9. The van der Waals surface area contributed by atoms with Gasteiger partial charge < -0.3 is 34.0 Å². The van der Waals surface area contributed by atoms with E-state index in [0.717, 1.165) is 186 Å². The normalized spacial score (nSPS) is 17.4. The highest BCUT2D eigenvalue weighted by Crippen LogP contribution is 2.46. The molecule has 5 saturated heterocycles. The molecule has 31 heteroatoms. The molecule has 5 heterocycles. The second kappa shape index (κ2) is 53.8. The Balaban J connectivity index is 0.000000132. The fraction of sp³-hybridized carbons (Fsp3) is 0.231. The smallest absolute Gasteiger partial charge is 0.130 e. The Hall–Kier alpha value is -8.51. The van der Waals surface area contributed by atoms with Crippen molar-refractivity contribution in [2.24, 2.45) is 0 Å². The van der Waals surface area contributed by atoms with E-state index in [1.165, 1.54) is 57.1 Å². The highest BCUT2D eigenvalue weighted by molar-refractivity contribution is 6.40. The zero-order chi connectivity index (χ0) is 104. The second-order valence-corrected chi connectivity index (χ2v) is 43.8. The summed E-state index contributed by atoms with van der Waals surface area (Å²) in [6.07, 6.45) is 0. The van der Waals surface area contributed by atoms with Crippen LogP contribution in [0.5, 0.6) is 11.5 Å². The van der Waals surface area contributed by atoms with E-state index in [1.54, 1.807) is 44.6 Å². The van der Waals surface area contributed by atoms with Gasteiger partial charge in [0.25, 0.3) is 0 Å². The van der Waals surface area contributed by atoms with Crippen LogP contribution >= 0.6 is 197 Å². The van der Waals surface area contributed by atoms with Crippen molar-refractivity contribution < 1.29 is 18.3 Å². The molecule has 0 spiro atoms. The van der Waals surface area contributed by atoms with E-state index in [1.807, 2.05) is 194 Å². The number of rotatable bonds is 22. The first-order chi connectivity index (χ1) is 71.5. The molecule has 5 fully saturated rings.